The van der Waals surface area contributed by atoms with E-state index in [4.69, 9.17) is 4.74 Å². The second-order valence-corrected chi connectivity index (χ2v) is 10.1. The molecule has 2 saturated heterocycles. The number of likely N-dealkylation sites (tertiary alicyclic amines) is 1. The second kappa shape index (κ2) is 9.65. The van der Waals surface area contributed by atoms with Crippen LogP contribution in [0, 0.1) is 12.8 Å². The Kier molecular flexibility index (Phi) is 6.86. The van der Waals surface area contributed by atoms with Crippen molar-refractivity contribution in [3.63, 3.8) is 0 Å². The van der Waals surface area contributed by atoms with E-state index in [1.165, 1.54) is 11.3 Å². The van der Waals surface area contributed by atoms with Crippen molar-refractivity contribution in [1.29, 1.82) is 0 Å². The predicted molar refractivity (Wildman–Crippen MR) is 127 cm³/mol. The second-order valence-electron chi connectivity index (χ2n) is 9.17. The molecule has 0 bridgehead atoms. The molecule has 33 heavy (non-hydrogen) atoms. The summed E-state index contributed by atoms with van der Waals surface area (Å²) < 4.78 is 6.24. The number of amides is 3. The van der Waals surface area contributed by atoms with Gasteiger partial charge in [0.2, 0.25) is 5.91 Å². The number of aryl methyl sites for hydroxylation is 1. The molecular weight excluding hydrogens is 438 g/mol. The summed E-state index contributed by atoms with van der Waals surface area (Å²) in [6.45, 7) is 7.58. The molecule has 8 heteroatoms. The first-order chi connectivity index (χ1) is 15.8. The van der Waals surface area contributed by atoms with Gasteiger partial charge in [0, 0.05) is 38.0 Å². The van der Waals surface area contributed by atoms with Crippen LogP contribution in [0.15, 0.2) is 41.8 Å². The summed E-state index contributed by atoms with van der Waals surface area (Å²) in [7, 11) is 0. The number of hydrogen-bond donors (Lipinski definition) is 1. The van der Waals surface area contributed by atoms with Gasteiger partial charge >= 0.3 is 0 Å². The van der Waals surface area contributed by atoms with Gasteiger partial charge in [0.1, 0.15) is 11.8 Å². The van der Waals surface area contributed by atoms with Crippen molar-refractivity contribution in [3.8, 4) is 0 Å². The SMILES string of the molecule is Cc1ccccc1C(=O)N1[C@H](C(=O)NCC(C)C)COC12CCN(C(=O)c1cccs1)CC2. The molecule has 2 aliphatic rings. The molecule has 4 rings (SSSR count). The van der Waals surface area contributed by atoms with Crippen molar-refractivity contribution >= 4 is 29.1 Å². The van der Waals surface area contributed by atoms with Crippen LogP contribution in [0.5, 0.6) is 0 Å². The normalized spacial score (nSPS) is 19.8. The number of benzene rings is 1. The average Bonchev–Trinajstić information content (AvgIpc) is 3.46. The van der Waals surface area contributed by atoms with Crippen molar-refractivity contribution in [3.05, 3.63) is 57.8 Å². The summed E-state index contributed by atoms with van der Waals surface area (Å²) in [5.41, 5.74) is 0.531. The molecule has 3 amide bonds. The van der Waals surface area contributed by atoms with Gasteiger partial charge < -0.3 is 15.0 Å². The van der Waals surface area contributed by atoms with Gasteiger partial charge in [-0.2, -0.15) is 0 Å². The van der Waals surface area contributed by atoms with Gasteiger partial charge in [0.25, 0.3) is 11.8 Å². The summed E-state index contributed by atoms with van der Waals surface area (Å²) in [6.07, 6.45) is 0.936. The first-order valence-corrected chi connectivity index (χ1v) is 12.3. The molecule has 2 fully saturated rings. The fourth-order valence-electron chi connectivity index (χ4n) is 4.55. The van der Waals surface area contributed by atoms with Crippen LogP contribution in [0.3, 0.4) is 0 Å². The third-order valence-electron chi connectivity index (χ3n) is 6.41. The maximum atomic E-state index is 13.8. The molecule has 2 aromatic rings. The highest BCUT2D eigenvalue weighted by Crippen LogP contribution is 2.39. The van der Waals surface area contributed by atoms with Crippen molar-refractivity contribution in [2.24, 2.45) is 5.92 Å². The Morgan fingerprint density at radius 3 is 2.48 bits per heavy atom. The lowest BCUT2D eigenvalue weighted by molar-refractivity contribution is -0.128. The largest absolute Gasteiger partial charge is 0.354 e. The third-order valence-corrected chi connectivity index (χ3v) is 7.26. The quantitative estimate of drug-likeness (QED) is 0.729. The van der Waals surface area contributed by atoms with E-state index in [9.17, 15) is 14.4 Å². The highest BCUT2D eigenvalue weighted by Gasteiger charge is 2.54. The van der Waals surface area contributed by atoms with Crippen LogP contribution < -0.4 is 5.32 Å². The third kappa shape index (κ3) is 4.68. The van der Waals surface area contributed by atoms with Crippen LogP contribution in [0.4, 0.5) is 0 Å². The van der Waals surface area contributed by atoms with E-state index < -0.39 is 11.8 Å². The highest BCUT2D eigenvalue weighted by molar-refractivity contribution is 7.12. The number of nitrogens with one attached hydrogen (secondary N) is 1. The van der Waals surface area contributed by atoms with E-state index in [0.717, 1.165) is 5.56 Å². The number of carbonyl (C=O) groups is 3. The van der Waals surface area contributed by atoms with E-state index in [-0.39, 0.29) is 24.3 Å². The van der Waals surface area contributed by atoms with E-state index in [1.807, 2.05) is 61.4 Å². The Morgan fingerprint density at radius 1 is 1.12 bits per heavy atom. The summed E-state index contributed by atoms with van der Waals surface area (Å²) in [6, 6.07) is 10.4. The van der Waals surface area contributed by atoms with Crippen molar-refractivity contribution < 1.29 is 19.1 Å². The molecule has 0 unspecified atom stereocenters. The van der Waals surface area contributed by atoms with Gasteiger partial charge in [-0.25, -0.2) is 0 Å². The minimum Gasteiger partial charge on any atom is -0.354 e. The van der Waals surface area contributed by atoms with Crippen molar-refractivity contribution in [2.45, 2.75) is 45.4 Å². The van der Waals surface area contributed by atoms with Crippen LogP contribution >= 0.6 is 11.3 Å². The molecule has 1 aromatic carbocycles. The zero-order valence-electron chi connectivity index (χ0n) is 19.4. The molecule has 1 atom stereocenters. The average molecular weight is 470 g/mol. The number of thiophene rings is 1. The highest BCUT2D eigenvalue weighted by atomic mass is 32.1. The standard InChI is InChI=1S/C25H31N3O4S/c1-17(2)15-26-22(29)20-16-32-25(28(20)23(30)19-8-5-4-7-18(19)3)10-12-27(13-11-25)24(31)21-9-6-14-33-21/h4-9,14,17,20H,10-13,15-16H2,1-3H3,(H,26,29)/t20-/m0/s1. The van der Waals surface area contributed by atoms with Gasteiger partial charge in [-0.05, 0) is 35.9 Å². The van der Waals surface area contributed by atoms with Crippen LogP contribution in [0.25, 0.3) is 0 Å². The molecule has 2 aliphatic heterocycles. The molecule has 0 saturated carbocycles. The van der Waals surface area contributed by atoms with E-state index in [1.54, 1.807) is 11.0 Å². The first kappa shape index (κ1) is 23.4. The first-order valence-electron chi connectivity index (χ1n) is 11.5. The fourth-order valence-corrected chi connectivity index (χ4v) is 5.24. The van der Waals surface area contributed by atoms with E-state index >= 15 is 0 Å². The number of piperidine rings is 1. The lowest BCUT2D eigenvalue weighted by Gasteiger charge is -2.44. The van der Waals surface area contributed by atoms with Crippen LogP contribution in [-0.2, 0) is 9.53 Å². The molecule has 0 radical (unpaired) electrons. The maximum absolute atomic E-state index is 13.8. The molecule has 3 heterocycles. The number of rotatable bonds is 5. The van der Waals surface area contributed by atoms with Gasteiger partial charge in [-0.3, -0.25) is 19.3 Å². The molecule has 7 nitrogen and oxygen atoms in total. The smallest absolute Gasteiger partial charge is 0.263 e. The molecule has 1 spiro atoms. The van der Waals surface area contributed by atoms with Crippen LogP contribution in [0.1, 0.15) is 52.3 Å². The van der Waals surface area contributed by atoms with E-state index in [0.29, 0.717) is 48.8 Å². The zero-order chi connectivity index (χ0) is 23.6. The summed E-state index contributed by atoms with van der Waals surface area (Å²) in [5.74, 6) is -0.0916. The Bertz CT molecular complexity index is 1010. The van der Waals surface area contributed by atoms with Crippen molar-refractivity contribution in [2.75, 3.05) is 26.2 Å². The van der Waals surface area contributed by atoms with Crippen LogP contribution in [-0.4, -0.2) is 65.5 Å². The molecule has 176 valence electrons. The maximum Gasteiger partial charge on any atom is 0.263 e. The van der Waals surface area contributed by atoms with Crippen LogP contribution in [0.2, 0.25) is 0 Å². The Labute approximate surface area is 198 Å². The fraction of sp³-hybridized carbons (Fsp3) is 0.480. The van der Waals surface area contributed by atoms with Gasteiger partial charge in [0.05, 0.1) is 11.5 Å². The number of ether oxygens (including phenoxy) is 1. The van der Waals surface area contributed by atoms with Gasteiger partial charge in [0.15, 0.2) is 0 Å². The van der Waals surface area contributed by atoms with E-state index in [2.05, 4.69) is 5.32 Å². The van der Waals surface area contributed by atoms with Gasteiger partial charge in [-0.1, -0.05) is 38.1 Å². The lowest BCUT2D eigenvalue weighted by atomic mass is 9.95. The molecule has 0 aliphatic carbocycles. The Hall–Kier alpha value is -2.71. The number of carbonyl (C=O) groups excluding carboxylic acids is 3. The number of nitrogens with zero attached hydrogens (tertiary/aromatic N) is 2. The summed E-state index contributed by atoms with van der Waals surface area (Å²) in [4.78, 5) is 43.9. The lowest BCUT2D eigenvalue weighted by Crippen LogP contribution is -2.60. The van der Waals surface area contributed by atoms with Gasteiger partial charge in [-0.15, -0.1) is 11.3 Å². The minimum atomic E-state index is -0.897. The molecule has 1 N–H and O–H groups in total. The molecule has 1 aromatic heterocycles. The van der Waals surface area contributed by atoms with Crippen molar-refractivity contribution in [1.82, 2.24) is 15.1 Å². The molecular formula is C25H31N3O4S. The Morgan fingerprint density at radius 2 is 1.85 bits per heavy atom. The Balaban J connectivity index is 1.58. The minimum absolute atomic E-state index is 0.000791. The number of hydrogen-bond acceptors (Lipinski definition) is 5. The predicted octanol–water partition coefficient (Wildman–Crippen LogP) is 3.30. The monoisotopic (exact) mass is 469 g/mol. The topological polar surface area (TPSA) is 79.0 Å². The summed E-state index contributed by atoms with van der Waals surface area (Å²) >= 11 is 1.42. The summed E-state index contributed by atoms with van der Waals surface area (Å²) in [5, 5.41) is 4.86. The zero-order valence-corrected chi connectivity index (χ0v) is 20.2.